The molecule has 0 bridgehead atoms. The first-order valence-corrected chi connectivity index (χ1v) is 11.0. The number of fused-ring (bicyclic) bond motifs is 1. The van der Waals surface area contributed by atoms with Crippen molar-refractivity contribution in [3.63, 3.8) is 0 Å². The molecule has 2 aromatic carbocycles. The van der Waals surface area contributed by atoms with E-state index in [0.29, 0.717) is 34.1 Å². The van der Waals surface area contributed by atoms with Gasteiger partial charge in [0.25, 0.3) is 5.91 Å². The third-order valence-electron chi connectivity index (χ3n) is 5.04. The van der Waals surface area contributed by atoms with Gasteiger partial charge in [0.15, 0.2) is 0 Å². The number of rotatable bonds is 6. The van der Waals surface area contributed by atoms with Crippen LogP contribution in [0.15, 0.2) is 57.8 Å². The highest BCUT2D eigenvalue weighted by molar-refractivity contribution is 6.42. The molecule has 4 rings (SSSR count). The fourth-order valence-electron chi connectivity index (χ4n) is 3.35. The van der Waals surface area contributed by atoms with Crippen LogP contribution in [0.3, 0.4) is 0 Å². The largest absolute Gasteiger partial charge is 0.423 e. The average Bonchev–Trinajstić information content (AvgIpc) is 3.31. The predicted molar refractivity (Wildman–Crippen MR) is 125 cm³/mol. The summed E-state index contributed by atoms with van der Waals surface area (Å²) in [6.07, 6.45) is 4.56. The van der Waals surface area contributed by atoms with Crippen LogP contribution in [-0.2, 0) is 9.53 Å². The number of benzene rings is 2. The van der Waals surface area contributed by atoms with Crippen LogP contribution in [-0.4, -0.2) is 31.1 Å². The van der Waals surface area contributed by atoms with E-state index in [1.165, 1.54) is 24.3 Å². The van der Waals surface area contributed by atoms with Crippen molar-refractivity contribution in [3.05, 3.63) is 80.1 Å². The molecule has 1 aliphatic rings. The molecule has 1 N–H and O–H groups in total. The Labute approximate surface area is 198 Å². The third kappa shape index (κ3) is 5.82. The molecule has 3 aromatic rings. The lowest BCUT2D eigenvalue weighted by Crippen LogP contribution is -2.34. The van der Waals surface area contributed by atoms with Crippen LogP contribution >= 0.6 is 23.2 Å². The maximum Gasteiger partial charge on any atom is 0.349 e. The average molecular weight is 488 g/mol. The zero-order chi connectivity index (χ0) is 23.4. The zero-order valence-corrected chi connectivity index (χ0v) is 18.8. The molecular formula is C24H19Cl2NO6. The number of nitrogens with one attached hydrogen (secondary N) is 1. The van der Waals surface area contributed by atoms with Crippen LogP contribution < -0.4 is 15.7 Å². The Morgan fingerprint density at radius 3 is 2.73 bits per heavy atom. The molecule has 0 spiro atoms. The molecule has 9 heteroatoms. The summed E-state index contributed by atoms with van der Waals surface area (Å²) in [5, 5.41) is 4.00. The van der Waals surface area contributed by atoms with Gasteiger partial charge in [-0.2, -0.15) is 0 Å². The van der Waals surface area contributed by atoms with Gasteiger partial charge in [0, 0.05) is 30.7 Å². The highest BCUT2D eigenvalue weighted by Crippen LogP contribution is 2.24. The highest BCUT2D eigenvalue weighted by atomic mass is 35.5. The van der Waals surface area contributed by atoms with Crippen LogP contribution in [0.4, 0.5) is 0 Å². The third-order valence-corrected chi connectivity index (χ3v) is 5.78. The summed E-state index contributed by atoms with van der Waals surface area (Å²) in [4.78, 5) is 36.8. The fraction of sp³-hybridized carbons (Fsp3) is 0.208. The molecule has 1 saturated heterocycles. The molecule has 170 valence electrons. The van der Waals surface area contributed by atoms with Gasteiger partial charge in [-0.05, 0) is 54.8 Å². The number of esters is 1. The van der Waals surface area contributed by atoms with E-state index < -0.39 is 17.5 Å². The summed E-state index contributed by atoms with van der Waals surface area (Å²) in [6, 6.07) is 10.9. The molecule has 1 atom stereocenters. The first kappa shape index (κ1) is 23.0. The van der Waals surface area contributed by atoms with Crippen molar-refractivity contribution in [2.75, 3.05) is 13.2 Å². The second-order valence-electron chi connectivity index (χ2n) is 7.42. The van der Waals surface area contributed by atoms with E-state index in [0.717, 1.165) is 12.8 Å². The number of carbonyl (C=O) groups is 2. The summed E-state index contributed by atoms with van der Waals surface area (Å²) < 4.78 is 16.0. The molecule has 33 heavy (non-hydrogen) atoms. The molecule has 0 radical (unpaired) electrons. The predicted octanol–water partition coefficient (Wildman–Crippen LogP) is 4.63. The Bertz CT molecular complexity index is 1290. The van der Waals surface area contributed by atoms with E-state index in [2.05, 4.69) is 5.32 Å². The van der Waals surface area contributed by atoms with Gasteiger partial charge in [-0.1, -0.05) is 29.3 Å². The quantitative estimate of drug-likeness (QED) is 0.235. The van der Waals surface area contributed by atoms with Gasteiger partial charge in [-0.25, -0.2) is 9.59 Å². The Morgan fingerprint density at radius 1 is 1.12 bits per heavy atom. The first-order valence-electron chi connectivity index (χ1n) is 10.2. The number of carbonyl (C=O) groups excluding carboxylic acids is 2. The molecule has 1 fully saturated rings. The van der Waals surface area contributed by atoms with Crippen molar-refractivity contribution in [2.45, 2.75) is 18.9 Å². The summed E-state index contributed by atoms with van der Waals surface area (Å²) >= 11 is 11.8. The molecule has 1 aromatic heterocycles. The maximum absolute atomic E-state index is 12.4. The fourth-order valence-corrected chi connectivity index (χ4v) is 3.66. The monoisotopic (exact) mass is 487 g/mol. The topological polar surface area (TPSA) is 94.8 Å². The number of hydrogen-bond acceptors (Lipinski definition) is 6. The van der Waals surface area contributed by atoms with Gasteiger partial charge in [-0.15, -0.1) is 0 Å². The van der Waals surface area contributed by atoms with Crippen molar-refractivity contribution in [1.29, 1.82) is 0 Å². The standard InChI is InChI=1S/C24H19Cl2NO6/c25-19-7-3-14(10-20(19)26)4-8-22(28)32-16-6-5-15-11-18(24(30)33-21(15)12-16)23(29)27-13-17-2-1-9-31-17/h3-8,10-12,17H,1-2,9,13H2,(H,27,29)/b8-4+. The Kier molecular flexibility index (Phi) is 7.13. The molecular weight excluding hydrogens is 469 g/mol. The SMILES string of the molecule is O=C(/C=C/c1ccc(Cl)c(Cl)c1)Oc1ccc2cc(C(=O)NCC3CCCO3)c(=O)oc2c1. The van der Waals surface area contributed by atoms with Gasteiger partial charge in [0.2, 0.25) is 0 Å². The Balaban J connectivity index is 1.44. The van der Waals surface area contributed by atoms with Crippen molar-refractivity contribution in [1.82, 2.24) is 5.32 Å². The van der Waals surface area contributed by atoms with E-state index in [4.69, 9.17) is 37.1 Å². The minimum atomic E-state index is -0.782. The van der Waals surface area contributed by atoms with Crippen LogP contribution in [0.25, 0.3) is 17.0 Å². The van der Waals surface area contributed by atoms with Gasteiger partial charge in [0.1, 0.15) is 16.9 Å². The maximum atomic E-state index is 12.4. The molecule has 2 heterocycles. The molecule has 1 amide bonds. The van der Waals surface area contributed by atoms with E-state index >= 15 is 0 Å². The summed E-state index contributed by atoms with van der Waals surface area (Å²) in [7, 11) is 0. The van der Waals surface area contributed by atoms with E-state index in [1.54, 1.807) is 30.3 Å². The second kappa shape index (κ2) is 10.2. The molecule has 7 nitrogen and oxygen atoms in total. The summed E-state index contributed by atoms with van der Waals surface area (Å²) in [5.74, 6) is -0.970. The lowest BCUT2D eigenvalue weighted by molar-refractivity contribution is -0.128. The second-order valence-corrected chi connectivity index (χ2v) is 8.23. The number of hydrogen-bond donors (Lipinski definition) is 1. The van der Waals surface area contributed by atoms with Crippen LogP contribution in [0.1, 0.15) is 28.8 Å². The molecule has 0 saturated carbocycles. The zero-order valence-electron chi connectivity index (χ0n) is 17.3. The van der Waals surface area contributed by atoms with Crippen molar-refractivity contribution in [2.24, 2.45) is 0 Å². The van der Waals surface area contributed by atoms with Crippen molar-refractivity contribution >= 4 is 52.1 Å². The minimum Gasteiger partial charge on any atom is -0.423 e. The normalized spacial score (nSPS) is 15.8. The van der Waals surface area contributed by atoms with Crippen LogP contribution in [0.2, 0.25) is 10.0 Å². The first-order chi connectivity index (χ1) is 15.9. The van der Waals surface area contributed by atoms with Gasteiger partial charge in [0.05, 0.1) is 16.1 Å². The molecule has 1 aliphatic heterocycles. The highest BCUT2D eigenvalue weighted by Gasteiger charge is 2.19. The molecule has 1 unspecified atom stereocenters. The summed E-state index contributed by atoms with van der Waals surface area (Å²) in [5.41, 5.74) is -0.0178. The Morgan fingerprint density at radius 2 is 1.97 bits per heavy atom. The van der Waals surface area contributed by atoms with Crippen molar-refractivity contribution in [3.8, 4) is 5.75 Å². The minimum absolute atomic E-state index is 0.0376. The van der Waals surface area contributed by atoms with Crippen molar-refractivity contribution < 1.29 is 23.5 Å². The van der Waals surface area contributed by atoms with E-state index in [9.17, 15) is 14.4 Å². The van der Waals surface area contributed by atoms with Crippen LogP contribution in [0.5, 0.6) is 5.75 Å². The van der Waals surface area contributed by atoms with E-state index in [-0.39, 0.29) is 23.0 Å². The Hall–Kier alpha value is -3.13. The molecule has 0 aliphatic carbocycles. The summed E-state index contributed by atoms with van der Waals surface area (Å²) in [6.45, 7) is 1.01. The number of ether oxygens (including phenoxy) is 2. The van der Waals surface area contributed by atoms with Crippen LogP contribution in [0, 0.1) is 0 Å². The number of halogens is 2. The smallest absolute Gasteiger partial charge is 0.349 e. The van der Waals surface area contributed by atoms with E-state index in [1.807, 2.05) is 0 Å². The van der Waals surface area contributed by atoms with Gasteiger partial charge in [-0.3, -0.25) is 4.79 Å². The lowest BCUT2D eigenvalue weighted by atomic mass is 10.1. The lowest BCUT2D eigenvalue weighted by Gasteiger charge is -2.10. The van der Waals surface area contributed by atoms with Gasteiger partial charge < -0.3 is 19.2 Å². The number of amides is 1. The van der Waals surface area contributed by atoms with Gasteiger partial charge >= 0.3 is 11.6 Å².